The van der Waals surface area contributed by atoms with Crippen LogP contribution in [-0.2, 0) is 0 Å². The molecule has 0 radical (unpaired) electrons. The number of hydrogen-bond donors (Lipinski definition) is 2. The maximum absolute atomic E-state index is 13.7. The molecule has 3 aromatic rings. The number of Topliss-reactive ketones (excluding diaryl/α,β-unsaturated/α-hetero) is 1. The molecule has 33 heavy (non-hydrogen) atoms. The van der Waals surface area contributed by atoms with Gasteiger partial charge in [0, 0.05) is 51.9 Å². The summed E-state index contributed by atoms with van der Waals surface area (Å²) >= 11 is 0. The third kappa shape index (κ3) is 4.08. The minimum Gasteiger partial charge on any atom is -0.368 e. The second-order valence-electron chi connectivity index (χ2n) is 7.63. The molecule has 172 valence electrons. The molecule has 1 aliphatic carbocycles. The SMILES string of the molecule is [2H]C1([2H])CN(c2ccc(Nc3ncc4c(C)c(C(C)=O)c(=O)n(C5([2H])C([2H])([2H])CCC5([2H])[2H])c4n3)nc2)C([2H])([2H])CN1. The quantitative estimate of drug-likeness (QED) is 0.565. The summed E-state index contributed by atoms with van der Waals surface area (Å²) in [6.45, 7) is -1.49. The molecule has 1 saturated carbocycles. The van der Waals surface area contributed by atoms with Crippen molar-refractivity contribution in [3.05, 3.63) is 46.0 Å². The van der Waals surface area contributed by atoms with Gasteiger partial charge in [-0.2, -0.15) is 4.98 Å². The highest BCUT2D eigenvalue weighted by Crippen LogP contribution is 2.32. The molecule has 9 heteroatoms. The van der Waals surface area contributed by atoms with E-state index in [2.05, 4.69) is 25.6 Å². The molecule has 9 nitrogen and oxygen atoms in total. The summed E-state index contributed by atoms with van der Waals surface area (Å²) in [4.78, 5) is 40.3. The predicted octanol–water partition coefficient (Wildman–Crippen LogP) is 2.97. The van der Waals surface area contributed by atoms with Crippen molar-refractivity contribution in [3.63, 3.8) is 0 Å². The third-order valence-electron chi connectivity index (χ3n) is 5.48. The first-order valence-electron chi connectivity index (χ1n) is 15.0. The smallest absolute Gasteiger partial charge is 0.263 e. The summed E-state index contributed by atoms with van der Waals surface area (Å²) < 4.78 is 76.0. The monoisotopic (exact) mass is 456 g/mol. The first-order valence-corrected chi connectivity index (χ1v) is 10.5. The standard InChI is InChI=1S/C24H29N7O2/c1-15-19-14-27-24(28-20-8-7-18(13-26-20)30-11-9-25-10-12-30)29-22(19)31(17-5-3-4-6-17)23(33)21(15)16(2)32/h7-8,13-14,17,25H,3-6,9-12H2,1-2H3,(H,26,27,28,29)/i5D2,6D2,9D2,12D2,17D. The predicted molar refractivity (Wildman–Crippen MR) is 129 cm³/mol. The van der Waals surface area contributed by atoms with Crippen LogP contribution in [-0.4, -0.2) is 51.4 Å². The van der Waals surface area contributed by atoms with E-state index in [-0.39, 0.29) is 59.9 Å². The molecule has 2 aliphatic rings. The van der Waals surface area contributed by atoms with Gasteiger partial charge >= 0.3 is 0 Å². The van der Waals surface area contributed by atoms with Gasteiger partial charge in [-0.05, 0) is 44.3 Å². The summed E-state index contributed by atoms with van der Waals surface area (Å²) in [5.74, 6) is -0.526. The van der Waals surface area contributed by atoms with Gasteiger partial charge in [0.05, 0.1) is 21.6 Å². The van der Waals surface area contributed by atoms with Gasteiger partial charge in [-0.1, -0.05) is 12.8 Å². The number of anilines is 3. The minimum absolute atomic E-state index is 0.109. The lowest BCUT2D eigenvalue weighted by molar-refractivity contribution is 0.101. The number of nitrogens with one attached hydrogen (secondary N) is 2. The lowest BCUT2D eigenvalue weighted by Gasteiger charge is -2.29. The zero-order valence-corrected chi connectivity index (χ0v) is 18.2. The number of aryl methyl sites for hydroxylation is 1. The largest absolute Gasteiger partial charge is 0.368 e. The topological polar surface area (TPSA) is 105 Å². The first-order chi connectivity index (χ1) is 19.3. The molecule has 0 atom stereocenters. The Morgan fingerprint density at radius 2 is 2.09 bits per heavy atom. The molecule has 2 fully saturated rings. The normalized spacial score (nSPS) is 28.1. The maximum atomic E-state index is 13.7. The molecule has 0 unspecified atom stereocenters. The number of ketones is 1. The average molecular weight is 457 g/mol. The number of aromatic nitrogens is 4. The molecule has 0 amide bonds. The van der Waals surface area contributed by atoms with E-state index < -0.39 is 43.1 Å². The van der Waals surface area contributed by atoms with Gasteiger partial charge in [0.1, 0.15) is 11.5 Å². The molecule has 2 N–H and O–H groups in total. The van der Waals surface area contributed by atoms with Crippen LogP contribution in [0.5, 0.6) is 0 Å². The molecule has 0 aromatic carbocycles. The molecule has 3 aromatic heterocycles. The molecule has 4 heterocycles. The summed E-state index contributed by atoms with van der Waals surface area (Å²) in [6.07, 6.45) is -2.94. The molecule has 0 bridgehead atoms. The van der Waals surface area contributed by atoms with Crippen molar-refractivity contribution in [2.45, 2.75) is 45.5 Å². The lowest BCUT2D eigenvalue weighted by Crippen LogP contribution is -2.43. The van der Waals surface area contributed by atoms with Crippen molar-refractivity contribution in [1.82, 2.24) is 24.8 Å². The van der Waals surface area contributed by atoms with Gasteiger partial charge in [0.2, 0.25) is 5.95 Å². The lowest BCUT2D eigenvalue weighted by atomic mass is 10.0. The van der Waals surface area contributed by atoms with Crippen LogP contribution in [0.4, 0.5) is 17.5 Å². The number of rotatable bonds is 5. The van der Waals surface area contributed by atoms with Crippen LogP contribution in [0.15, 0.2) is 29.3 Å². The van der Waals surface area contributed by atoms with Crippen molar-refractivity contribution < 1.29 is 17.1 Å². The number of nitrogens with zero attached hydrogens (tertiary/aromatic N) is 5. The molecular weight excluding hydrogens is 418 g/mol. The van der Waals surface area contributed by atoms with E-state index in [0.29, 0.717) is 10.3 Å². The fourth-order valence-electron chi connectivity index (χ4n) is 3.88. The van der Waals surface area contributed by atoms with Gasteiger partial charge in [0.25, 0.3) is 5.56 Å². The Balaban J connectivity index is 1.60. The van der Waals surface area contributed by atoms with Crippen molar-refractivity contribution in [2.24, 2.45) is 0 Å². The Labute approximate surface area is 204 Å². The van der Waals surface area contributed by atoms with Crippen LogP contribution < -0.4 is 21.1 Å². The zero-order chi connectivity index (χ0) is 31.0. The number of hydrogen-bond acceptors (Lipinski definition) is 8. The van der Waals surface area contributed by atoms with Crippen LogP contribution in [0.1, 0.15) is 66.8 Å². The summed E-state index contributed by atoms with van der Waals surface area (Å²) in [6, 6.07) is 0.287. The van der Waals surface area contributed by atoms with E-state index in [1.54, 1.807) is 0 Å². The van der Waals surface area contributed by atoms with Crippen molar-refractivity contribution >= 4 is 34.3 Å². The fourth-order valence-corrected chi connectivity index (χ4v) is 3.88. The number of carbonyl (C=O) groups is 1. The Morgan fingerprint density at radius 3 is 2.82 bits per heavy atom. The highest BCUT2D eigenvalue weighted by molar-refractivity contribution is 5.99. The van der Waals surface area contributed by atoms with Crippen LogP contribution in [0.2, 0.25) is 0 Å². The Morgan fingerprint density at radius 1 is 1.27 bits per heavy atom. The van der Waals surface area contributed by atoms with Crippen molar-refractivity contribution in [2.75, 3.05) is 36.3 Å². The number of fused-ring (bicyclic) bond motifs is 1. The van der Waals surface area contributed by atoms with Crippen LogP contribution in [0.3, 0.4) is 0 Å². The van der Waals surface area contributed by atoms with Gasteiger partial charge < -0.3 is 15.5 Å². The highest BCUT2D eigenvalue weighted by Gasteiger charge is 2.25. The van der Waals surface area contributed by atoms with E-state index in [1.807, 2.05) is 0 Å². The molecular formula is C24H29N7O2. The maximum Gasteiger partial charge on any atom is 0.263 e. The molecule has 0 spiro atoms. The minimum atomic E-state index is -2.74. The van der Waals surface area contributed by atoms with E-state index >= 15 is 0 Å². The second kappa shape index (κ2) is 8.90. The highest BCUT2D eigenvalue weighted by atomic mass is 16.1. The Hall–Kier alpha value is -3.33. The summed E-state index contributed by atoms with van der Waals surface area (Å²) in [5, 5.41) is 5.55. The fraction of sp³-hybridized carbons (Fsp3) is 0.458. The van der Waals surface area contributed by atoms with Crippen LogP contribution in [0.25, 0.3) is 11.0 Å². The van der Waals surface area contributed by atoms with E-state index in [9.17, 15) is 9.59 Å². The first kappa shape index (κ1) is 13.4. The van der Waals surface area contributed by atoms with E-state index in [1.165, 1.54) is 43.3 Å². The zero-order valence-electron chi connectivity index (χ0n) is 27.2. The van der Waals surface area contributed by atoms with Crippen LogP contribution in [0, 0.1) is 6.92 Å². The third-order valence-corrected chi connectivity index (χ3v) is 5.48. The number of carbonyl (C=O) groups excluding carboxylic acids is 1. The number of pyridine rings is 2. The van der Waals surface area contributed by atoms with Gasteiger partial charge in [-0.3, -0.25) is 14.2 Å². The molecule has 5 rings (SSSR count). The summed E-state index contributed by atoms with van der Waals surface area (Å²) in [5.41, 5.74) is -0.989. The van der Waals surface area contributed by atoms with Gasteiger partial charge in [0.15, 0.2) is 5.78 Å². The van der Waals surface area contributed by atoms with Crippen molar-refractivity contribution in [1.29, 1.82) is 0 Å². The number of piperazine rings is 1. The summed E-state index contributed by atoms with van der Waals surface area (Å²) in [7, 11) is 0. The van der Waals surface area contributed by atoms with E-state index in [4.69, 9.17) is 12.3 Å². The van der Waals surface area contributed by atoms with Crippen molar-refractivity contribution in [3.8, 4) is 0 Å². The van der Waals surface area contributed by atoms with Gasteiger partial charge in [-0.15, -0.1) is 0 Å². The molecule has 1 aliphatic heterocycles. The average Bonchev–Trinajstić information content (AvgIpc) is 3.05. The van der Waals surface area contributed by atoms with E-state index in [0.717, 1.165) is 0 Å². The molecule has 1 saturated heterocycles. The Kier molecular flexibility index (Phi) is 3.61. The Bertz CT molecular complexity index is 1630. The van der Waals surface area contributed by atoms with Gasteiger partial charge in [-0.25, -0.2) is 9.97 Å². The van der Waals surface area contributed by atoms with Crippen LogP contribution >= 0.6 is 0 Å². The second-order valence-corrected chi connectivity index (χ2v) is 7.63.